The molecule has 1 unspecified atom stereocenters. The van der Waals surface area contributed by atoms with Crippen molar-refractivity contribution in [3.05, 3.63) is 76.4 Å². The van der Waals surface area contributed by atoms with Gasteiger partial charge in [0, 0.05) is 30.8 Å². The van der Waals surface area contributed by atoms with Crippen molar-refractivity contribution in [2.24, 2.45) is 0 Å². The zero-order chi connectivity index (χ0) is 20.5. The normalized spacial score (nSPS) is 15.7. The van der Waals surface area contributed by atoms with Crippen LogP contribution in [0.2, 0.25) is 0 Å². The SMILES string of the molecule is COc1c(C)cc(C2CCc3nc(C(=O)Nc4ccc(C)cc4)cn3C2)cc1C. The smallest absolute Gasteiger partial charge is 0.275 e. The Morgan fingerprint density at radius 1 is 1.14 bits per heavy atom. The number of amides is 1. The van der Waals surface area contributed by atoms with Crippen molar-refractivity contribution in [3.8, 4) is 5.75 Å². The lowest BCUT2D eigenvalue weighted by Crippen LogP contribution is -2.18. The summed E-state index contributed by atoms with van der Waals surface area (Å²) in [6.45, 7) is 7.05. The fourth-order valence-electron chi connectivity index (χ4n) is 4.20. The first-order valence-corrected chi connectivity index (χ1v) is 10.0. The van der Waals surface area contributed by atoms with Crippen LogP contribution in [-0.2, 0) is 13.0 Å². The van der Waals surface area contributed by atoms with Crippen LogP contribution in [0.25, 0.3) is 0 Å². The third-order valence-corrected chi connectivity index (χ3v) is 5.69. The van der Waals surface area contributed by atoms with Crippen LogP contribution in [0.4, 0.5) is 5.69 Å². The van der Waals surface area contributed by atoms with Crippen LogP contribution in [0, 0.1) is 20.8 Å². The van der Waals surface area contributed by atoms with Crippen LogP contribution in [-0.4, -0.2) is 22.6 Å². The second kappa shape index (κ2) is 7.74. The first-order chi connectivity index (χ1) is 13.9. The Balaban J connectivity index is 1.51. The van der Waals surface area contributed by atoms with Crippen molar-refractivity contribution in [3.63, 3.8) is 0 Å². The number of nitrogens with zero attached hydrogens (tertiary/aromatic N) is 2. The zero-order valence-electron chi connectivity index (χ0n) is 17.5. The number of rotatable bonds is 4. The second-order valence-corrected chi connectivity index (χ2v) is 7.94. The van der Waals surface area contributed by atoms with E-state index in [0.29, 0.717) is 11.6 Å². The van der Waals surface area contributed by atoms with Gasteiger partial charge in [-0.25, -0.2) is 4.98 Å². The molecule has 3 aromatic rings. The van der Waals surface area contributed by atoms with Crippen molar-refractivity contribution in [2.45, 2.75) is 46.1 Å². The molecule has 150 valence electrons. The summed E-state index contributed by atoms with van der Waals surface area (Å²) in [7, 11) is 1.72. The highest BCUT2D eigenvalue weighted by atomic mass is 16.5. The number of imidazole rings is 1. The predicted molar refractivity (Wildman–Crippen MR) is 115 cm³/mol. The molecule has 1 atom stereocenters. The van der Waals surface area contributed by atoms with E-state index in [1.165, 1.54) is 5.56 Å². The van der Waals surface area contributed by atoms with Crippen LogP contribution >= 0.6 is 0 Å². The Kier molecular flexibility index (Phi) is 5.14. The van der Waals surface area contributed by atoms with Gasteiger partial charge in [-0.2, -0.15) is 0 Å². The molecule has 0 aliphatic carbocycles. The maximum atomic E-state index is 12.6. The van der Waals surface area contributed by atoms with Gasteiger partial charge in [-0.1, -0.05) is 29.8 Å². The highest BCUT2D eigenvalue weighted by molar-refractivity contribution is 6.02. The molecule has 0 bridgehead atoms. The van der Waals surface area contributed by atoms with Gasteiger partial charge in [0.25, 0.3) is 5.91 Å². The summed E-state index contributed by atoms with van der Waals surface area (Å²) in [6.07, 6.45) is 3.78. The molecule has 5 heteroatoms. The molecule has 1 aromatic heterocycles. The molecule has 1 N–H and O–H groups in total. The second-order valence-electron chi connectivity index (χ2n) is 7.94. The van der Waals surface area contributed by atoms with Gasteiger partial charge in [0.2, 0.25) is 0 Å². The van der Waals surface area contributed by atoms with E-state index >= 15 is 0 Å². The number of fused-ring (bicyclic) bond motifs is 1. The lowest BCUT2D eigenvalue weighted by molar-refractivity contribution is 0.102. The number of benzene rings is 2. The van der Waals surface area contributed by atoms with E-state index < -0.39 is 0 Å². The van der Waals surface area contributed by atoms with E-state index in [0.717, 1.165) is 53.3 Å². The topological polar surface area (TPSA) is 56.1 Å². The largest absolute Gasteiger partial charge is 0.496 e. The standard InChI is InChI=1S/C24H27N3O2/c1-15-5-8-20(9-6-15)25-24(28)21-14-27-13-18(7-10-22(27)26-21)19-11-16(2)23(29-4)17(3)12-19/h5-6,8-9,11-12,14,18H,7,10,13H2,1-4H3,(H,25,28). The number of hydrogen-bond donors (Lipinski definition) is 1. The fourth-order valence-corrected chi connectivity index (χ4v) is 4.20. The van der Waals surface area contributed by atoms with E-state index in [2.05, 4.69) is 40.8 Å². The van der Waals surface area contributed by atoms with Gasteiger partial charge in [0.05, 0.1) is 7.11 Å². The minimum atomic E-state index is -0.163. The summed E-state index contributed by atoms with van der Waals surface area (Å²) in [4.78, 5) is 17.2. The molecule has 1 aliphatic heterocycles. The minimum absolute atomic E-state index is 0.163. The van der Waals surface area contributed by atoms with Crippen LogP contribution < -0.4 is 10.1 Å². The number of anilines is 1. The Morgan fingerprint density at radius 3 is 2.48 bits per heavy atom. The number of carbonyl (C=O) groups is 1. The van der Waals surface area contributed by atoms with E-state index in [1.807, 2.05) is 37.4 Å². The average Bonchev–Trinajstić information content (AvgIpc) is 3.13. The van der Waals surface area contributed by atoms with Crippen molar-refractivity contribution < 1.29 is 9.53 Å². The molecule has 0 saturated heterocycles. The highest BCUT2D eigenvalue weighted by Crippen LogP contribution is 2.33. The average molecular weight is 389 g/mol. The number of carbonyl (C=O) groups excluding carboxylic acids is 1. The Bertz CT molecular complexity index is 1030. The maximum absolute atomic E-state index is 12.6. The van der Waals surface area contributed by atoms with Gasteiger partial charge < -0.3 is 14.6 Å². The summed E-state index contributed by atoms with van der Waals surface area (Å²) >= 11 is 0. The zero-order valence-corrected chi connectivity index (χ0v) is 17.5. The molecule has 2 aromatic carbocycles. The lowest BCUT2D eigenvalue weighted by Gasteiger charge is -2.25. The molecule has 2 heterocycles. The van der Waals surface area contributed by atoms with Gasteiger partial charge in [0.1, 0.15) is 17.3 Å². The van der Waals surface area contributed by atoms with Gasteiger partial charge >= 0.3 is 0 Å². The number of methoxy groups -OCH3 is 1. The molecule has 29 heavy (non-hydrogen) atoms. The third-order valence-electron chi connectivity index (χ3n) is 5.69. The Morgan fingerprint density at radius 2 is 1.83 bits per heavy atom. The molecule has 1 amide bonds. The summed E-state index contributed by atoms with van der Waals surface area (Å²) < 4.78 is 7.63. The number of ether oxygens (including phenoxy) is 1. The van der Waals surface area contributed by atoms with E-state index in [9.17, 15) is 4.79 Å². The van der Waals surface area contributed by atoms with E-state index in [4.69, 9.17) is 4.74 Å². The van der Waals surface area contributed by atoms with Crippen molar-refractivity contribution in [2.75, 3.05) is 12.4 Å². The number of aromatic nitrogens is 2. The third kappa shape index (κ3) is 3.90. The maximum Gasteiger partial charge on any atom is 0.275 e. The van der Waals surface area contributed by atoms with Gasteiger partial charge in [-0.05, 0) is 56.0 Å². The lowest BCUT2D eigenvalue weighted by atomic mass is 9.89. The molecule has 0 radical (unpaired) electrons. The first kappa shape index (κ1) is 19.2. The Hall–Kier alpha value is -3.08. The van der Waals surface area contributed by atoms with Gasteiger partial charge in [-0.3, -0.25) is 4.79 Å². The molecule has 0 saturated carbocycles. The number of hydrogen-bond acceptors (Lipinski definition) is 3. The highest BCUT2D eigenvalue weighted by Gasteiger charge is 2.24. The van der Waals surface area contributed by atoms with Crippen LogP contribution in [0.5, 0.6) is 5.75 Å². The van der Waals surface area contributed by atoms with Gasteiger partial charge in [-0.15, -0.1) is 0 Å². The Labute approximate surface area is 171 Å². The monoisotopic (exact) mass is 389 g/mol. The molecule has 0 spiro atoms. The summed E-state index contributed by atoms with van der Waals surface area (Å²) in [5.74, 6) is 2.19. The fraction of sp³-hybridized carbons (Fsp3) is 0.333. The molecular formula is C24H27N3O2. The molecule has 5 nitrogen and oxygen atoms in total. The van der Waals surface area contributed by atoms with Gasteiger partial charge in [0.15, 0.2) is 0 Å². The van der Waals surface area contributed by atoms with E-state index in [1.54, 1.807) is 7.11 Å². The quantitative estimate of drug-likeness (QED) is 0.697. The molecule has 0 fully saturated rings. The predicted octanol–water partition coefficient (Wildman–Crippen LogP) is 4.80. The molecule has 4 rings (SSSR count). The number of nitrogens with one attached hydrogen (secondary N) is 1. The molecular weight excluding hydrogens is 362 g/mol. The van der Waals surface area contributed by atoms with Crippen molar-refractivity contribution in [1.82, 2.24) is 9.55 Å². The van der Waals surface area contributed by atoms with E-state index in [-0.39, 0.29) is 5.91 Å². The van der Waals surface area contributed by atoms with Crippen LogP contribution in [0.15, 0.2) is 42.6 Å². The number of aryl methyl sites for hydroxylation is 4. The summed E-state index contributed by atoms with van der Waals surface area (Å²) in [5.41, 5.74) is 6.08. The van der Waals surface area contributed by atoms with Crippen molar-refractivity contribution in [1.29, 1.82) is 0 Å². The minimum Gasteiger partial charge on any atom is -0.496 e. The first-order valence-electron chi connectivity index (χ1n) is 10.0. The summed E-state index contributed by atoms with van der Waals surface area (Å²) in [5, 5.41) is 2.94. The van der Waals surface area contributed by atoms with Crippen molar-refractivity contribution >= 4 is 11.6 Å². The molecule has 1 aliphatic rings. The van der Waals surface area contributed by atoms with Crippen LogP contribution in [0.1, 0.15) is 50.9 Å². The summed E-state index contributed by atoms with van der Waals surface area (Å²) in [6, 6.07) is 12.2. The van der Waals surface area contributed by atoms with Crippen LogP contribution in [0.3, 0.4) is 0 Å².